The van der Waals surface area contributed by atoms with Gasteiger partial charge >= 0.3 is 5.97 Å². The Kier molecular flexibility index (Phi) is 6.07. The third kappa shape index (κ3) is 4.72. The number of nitrogens with zero attached hydrogens (tertiary/aromatic N) is 1. The average molecular weight is 295 g/mol. The Morgan fingerprint density at radius 2 is 1.62 bits per heavy atom. The molecule has 0 aromatic heterocycles. The number of hydrogen-bond donors (Lipinski definition) is 0. The summed E-state index contributed by atoms with van der Waals surface area (Å²) in [4.78, 5) is 26.3. The lowest BCUT2D eigenvalue weighted by molar-refractivity contribution is -0.147. The van der Waals surface area contributed by atoms with E-state index in [1.807, 2.05) is 11.8 Å². The van der Waals surface area contributed by atoms with Crippen LogP contribution in [0.25, 0.3) is 0 Å². The molecule has 1 amide bonds. The molecule has 1 unspecified atom stereocenters. The number of esters is 1. The van der Waals surface area contributed by atoms with Crippen molar-refractivity contribution in [3.8, 4) is 0 Å². The van der Waals surface area contributed by atoms with E-state index in [0.717, 1.165) is 25.7 Å². The molecule has 2 rings (SSSR count). The highest BCUT2D eigenvalue weighted by atomic mass is 16.5. The van der Waals surface area contributed by atoms with E-state index < -0.39 is 0 Å². The molecule has 1 atom stereocenters. The normalized spacial score (nSPS) is 22.0. The molecule has 0 N–H and O–H groups in total. The van der Waals surface area contributed by atoms with Crippen LogP contribution >= 0.6 is 0 Å². The lowest BCUT2D eigenvalue weighted by Gasteiger charge is -2.34. The van der Waals surface area contributed by atoms with E-state index in [-0.39, 0.29) is 23.7 Å². The fraction of sp³-hybridized carbons (Fsp3) is 0.882. The van der Waals surface area contributed by atoms with Gasteiger partial charge in [0.1, 0.15) is 0 Å². The van der Waals surface area contributed by atoms with Crippen LogP contribution in [0.1, 0.15) is 64.7 Å². The number of carbonyl (C=O) groups excluding carboxylic acids is 2. The van der Waals surface area contributed by atoms with Crippen molar-refractivity contribution in [1.82, 2.24) is 4.90 Å². The Hall–Kier alpha value is -1.06. The van der Waals surface area contributed by atoms with Gasteiger partial charge in [-0.05, 0) is 25.7 Å². The van der Waals surface area contributed by atoms with Gasteiger partial charge in [-0.15, -0.1) is 0 Å². The molecule has 0 radical (unpaired) electrons. The summed E-state index contributed by atoms with van der Waals surface area (Å²) in [5.41, 5.74) is 0. The number of ether oxygens (including phenoxy) is 1. The minimum Gasteiger partial charge on any atom is -0.469 e. The molecule has 2 aliphatic rings. The van der Waals surface area contributed by atoms with Crippen molar-refractivity contribution in [2.24, 2.45) is 11.8 Å². The van der Waals surface area contributed by atoms with Gasteiger partial charge in [-0.25, -0.2) is 0 Å². The zero-order valence-corrected chi connectivity index (χ0v) is 13.5. The van der Waals surface area contributed by atoms with Gasteiger partial charge in [0.05, 0.1) is 13.0 Å². The van der Waals surface area contributed by atoms with Gasteiger partial charge in [0.15, 0.2) is 0 Å². The number of amides is 1. The summed E-state index contributed by atoms with van der Waals surface area (Å²) in [5.74, 6) is 0.0502. The minimum atomic E-state index is -0.233. The summed E-state index contributed by atoms with van der Waals surface area (Å²) in [6, 6.07) is 0.325. The van der Waals surface area contributed by atoms with Crippen LogP contribution in [-0.2, 0) is 14.3 Å². The second kappa shape index (κ2) is 7.81. The number of carbonyl (C=O) groups is 2. The van der Waals surface area contributed by atoms with Gasteiger partial charge in [0.25, 0.3) is 0 Å². The summed E-state index contributed by atoms with van der Waals surface area (Å²) in [7, 11) is 1.42. The zero-order chi connectivity index (χ0) is 15.2. The van der Waals surface area contributed by atoms with Crippen molar-refractivity contribution in [3.63, 3.8) is 0 Å². The lowest BCUT2D eigenvalue weighted by atomic mass is 9.94. The van der Waals surface area contributed by atoms with Crippen LogP contribution in [0.5, 0.6) is 0 Å². The first-order valence-corrected chi connectivity index (χ1v) is 8.51. The summed E-state index contributed by atoms with van der Waals surface area (Å²) in [5, 5.41) is 0. The van der Waals surface area contributed by atoms with Gasteiger partial charge in [0, 0.05) is 18.5 Å². The molecule has 0 aromatic carbocycles. The molecule has 2 fully saturated rings. The van der Waals surface area contributed by atoms with Crippen LogP contribution in [0.4, 0.5) is 0 Å². The summed E-state index contributed by atoms with van der Waals surface area (Å²) in [6.45, 7) is 2.38. The molecule has 0 heterocycles. The standard InChI is InChI=1S/C17H29NO3/c1-13(17(20)21-2)12-18(16(19)14-10-11-14)15-8-6-4-3-5-7-9-15/h13-15H,3-12H2,1-2H3. The smallest absolute Gasteiger partial charge is 0.310 e. The molecular formula is C17H29NO3. The largest absolute Gasteiger partial charge is 0.469 e. The van der Waals surface area contributed by atoms with Crippen molar-refractivity contribution >= 4 is 11.9 Å². The van der Waals surface area contributed by atoms with E-state index in [2.05, 4.69) is 0 Å². The molecule has 2 saturated carbocycles. The highest BCUT2D eigenvalue weighted by Gasteiger charge is 2.37. The fourth-order valence-electron chi connectivity index (χ4n) is 3.30. The Balaban J connectivity index is 2.02. The van der Waals surface area contributed by atoms with Crippen molar-refractivity contribution in [1.29, 1.82) is 0 Å². The van der Waals surface area contributed by atoms with E-state index in [4.69, 9.17) is 4.74 Å². The van der Waals surface area contributed by atoms with Crippen LogP contribution in [0.3, 0.4) is 0 Å². The van der Waals surface area contributed by atoms with Crippen molar-refractivity contribution in [2.75, 3.05) is 13.7 Å². The quantitative estimate of drug-likeness (QED) is 0.732. The molecule has 21 heavy (non-hydrogen) atoms. The Morgan fingerprint density at radius 3 is 2.14 bits per heavy atom. The van der Waals surface area contributed by atoms with Crippen LogP contribution in [-0.4, -0.2) is 36.5 Å². The summed E-state index contributed by atoms with van der Waals surface area (Å²) in [6.07, 6.45) is 10.5. The van der Waals surface area contributed by atoms with Gasteiger partial charge in [-0.3, -0.25) is 9.59 Å². The molecule has 0 spiro atoms. The molecule has 0 aromatic rings. The molecule has 4 heteroatoms. The first kappa shape index (κ1) is 16.3. The average Bonchev–Trinajstić information content (AvgIpc) is 3.28. The van der Waals surface area contributed by atoms with Gasteiger partial charge < -0.3 is 9.64 Å². The molecule has 2 aliphatic carbocycles. The highest BCUT2D eigenvalue weighted by Crippen LogP contribution is 2.33. The second-order valence-electron chi connectivity index (χ2n) is 6.69. The number of rotatable bonds is 5. The van der Waals surface area contributed by atoms with Crippen LogP contribution in [0.2, 0.25) is 0 Å². The lowest BCUT2D eigenvalue weighted by Crippen LogP contribution is -2.45. The van der Waals surface area contributed by atoms with Crippen molar-refractivity contribution in [3.05, 3.63) is 0 Å². The Labute approximate surface area is 128 Å². The third-order valence-electron chi connectivity index (χ3n) is 4.80. The predicted molar refractivity (Wildman–Crippen MR) is 81.7 cm³/mol. The molecule has 120 valence electrons. The van der Waals surface area contributed by atoms with Crippen molar-refractivity contribution in [2.45, 2.75) is 70.8 Å². The van der Waals surface area contributed by atoms with Gasteiger partial charge in [0.2, 0.25) is 5.91 Å². The van der Waals surface area contributed by atoms with E-state index in [1.165, 1.54) is 39.2 Å². The van der Waals surface area contributed by atoms with E-state index in [0.29, 0.717) is 12.6 Å². The summed E-state index contributed by atoms with van der Waals surface area (Å²) >= 11 is 0. The molecule has 0 aliphatic heterocycles. The third-order valence-corrected chi connectivity index (χ3v) is 4.80. The van der Waals surface area contributed by atoms with Crippen LogP contribution in [0, 0.1) is 11.8 Å². The topological polar surface area (TPSA) is 46.6 Å². The van der Waals surface area contributed by atoms with Crippen LogP contribution in [0.15, 0.2) is 0 Å². The van der Waals surface area contributed by atoms with E-state index in [1.54, 1.807) is 0 Å². The number of hydrogen-bond acceptors (Lipinski definition) is 3. The first-order chi connectivity index (χ1) is 10.1. The SMILES string of the molecule is COC(=O)C(C)CN(C(=O)C1CC1)C1CCCCCCC1. The summed E-state index contributed by atoms with van der Waals surface area (Å²) < 4.78 is 4.82. The highest BCUT2D eigenvalue weighted by molar-refractivity contribution is 5.82. The van der Waals surface area contributed by atoms with E-state index in [9.17, 15) is 9.59 Å². The van der Waals surface area contributed by atoms with Crippen molar-refractivity contribution < 1.29 is 14.3 Å². The van der Waals surface area contributed by atoms with Gasteiger partial charge in [-0.2, -0.15) is 0 Å². The molecule has 4 nitrogen and oxygen atoms in total. The predicted octanol–water partition coefficient (Wildman–Crippen LogP) is 3.15. The second-order valence-corrected chi connectivity index (χ2v) is 6.69. The molecule has 0 bridgehead atoms. The number of methoxy groups -OCH3 is 1. The van der Waals surface area contributed by atoms with Crippen LogP contribution < -0.4 is 0 Å². The molecular weight excluding hydrogens is 266 g/mol. The Bertz CT molecular complexity index is 357. The first-order valence-electron chi connectivity index (χ1n) is 8.51. The maximum absolute atomic E-state index is 12.6. The maximum Gasteiger partial charge on any atom is 0.310 e. The van der Waals surface area contributed by atoms with Gasteiger partial charge in [-0.1, -0.05) is 39.0 Å². The van der Waals surface area contributed by atoms with E-state index >= 15 is 0 Å². The Morgan fingerprint density at radius 1 is 1.05 bits per heavy atom. The maximum atomic E-state index is 12.6. The minimum absolute atomic E-state index is 0.213. The monoisotopic (exact) mass is 295 g/mol. The molecule has 0 saturated heterocycles. The zero-order valence-electron chi connectivity index (χ0n) is 13.5. The fourth-order valence-corrected chi connectivity index (χ4v) is 3.30.